The smallest absolute Gasteiger partial charge is 0.231 e. The molecule has 21 heavy (non-hydrogen) atoms. The number of aromatic nitrogens is 2. The van der Waals surface area contributed by atoms with Gasteiger partial charge < -0.3 is 9.84 Å². The highest BCUT2D eigenvalue weighted by molar-refractivity contribution is 7.99. The molecule has 0 radical (unpaired) electrons. The van der Waals surface area contributed by atoms with E-state index in [1.807, 2.05) is 11.8 Å². The summed E-state index contributed by atoms with van der Waals surface area (Å²) >= 11 is 1.88. The molecule has 3 unspecified atom stereocenters. The molecule has 0 aliphatic rings. The van der Waals surface area contributed by atoms with Crippen LogP contribution in [0, 0.1) is 5.92 Å². The van der Waals surface area contributed by atoms with Crippen molar-refractivity contribution in [2.45, 2.75) is 77.3 Å². The normalized spacial score (nSPS) is 16.1. The number of nitrogens with one attached hydrogen (secondary N) is 1. The number of hydrogen-bond donors (Lipinski definition) is 1. The molecule has 0 aliphatic heterocycles. The molecule has 1 heterocycles. The van der Waals surface area contributed by atoms with Gasteiger partial charge >= 0.3 is 0 Å². The predicted molar refractivity (Wildman–Crippen MR) is 90.7 cm³/mol. The molecule has 1 N–H and O–H groups in total. The molecule has 0 saturated heterocycles. The largest absolute Gasteiger partial charge is 0.339 e. The maximum Gasteiger partial charge on any atom is 0.231 e. The summed E-state index contributed by atoms with van der Waals surface area (Å²) in [7, 11) is 0. The first-order valence-electron chi connectivity index (χ1n) is 8.16. The van der Waals surface area contributed by atoms with Gasteiger partial charge in [0.1, 0.15) is 0 Å². The molecule has 0 saturated carbocycles. The van der Waals surface area contributed by atoms with E-state index in [0.717, 1.165) is 30.4 Å². The van der Waals surface area contributed by atoms with Gasteiger partial charge in [0, 0.05) is 11.3 Å². The van der Waals surface area contributed by atoms with Gasteiger partial charge in [-0.1, -0.05) is 39.8 Å². The Bertz CT molecular complexity index is 395. The second kappa shape index (κ2) is 9.46. The van der Waals surface area contributed by atoms with Gasteiger partial charge in [-0.15, -0.1) is 0 Å². The van der Waals surface area contributed by atoms with Crippen LogP contribution >= 0.6 is 11.8 Å². The maximum absolute atomic E-state index is 5.54. The standard InChI is InChI=1S/C16H31N3OS/c1-7-9-17-13(6)15(11(3)4)16-18-14(19-20-16)10-21-12(5)8-2/h11-13,15,17H,7-10H2,1-6H3. The SMILES string of the molecule is CCCNC(C)C(c1nc(CSC(C)CC)no1)C(C)C. The summed E-state index contributed by atoms with van der Waals surface area (Å²) in [6.07, 6.45) is 2.30. The van der Waals surface area contributed by atoms with E-state index < -0.39 is 0 Å². The van der Waals surface area contributed by atoms with Crippen molar-refractivity contribution < 1.29 is 4.52 Å². The minimum atomic E-state index is 0.270. The Morgan fingerprint density at radius 2 is 1.90 bits per heavy atom. The van der Waals surface area contributed by atoms with Crippen molar-refractivity contribution in [2.75, 3.05) is 6.54 Å². The lowest BCUT2D eigenvalue weighted by Crippen LogP contribution is -2.35. The van der Waals surface area contributed by atoms with Gasteiger partial charge in [0.05, 0.1) is 11.7 Å². The second-order valence-corrected chi connectivity index (χ2v) is 7.52. The highest BCUT2D eigenvalue weighted by Crippen LogP contribution is 2.27. The Morgan fingerprint density at radius 3 is 2.48 bits per heavy atom. The minimum Gasteiger partial charge on any atom is -0.339 e. The van der Waals surface area contributed by atoms with Crippen molar-refractivity contribution >= 4 is 11.8 Å². The van der Waals surface area contributed by atoms with Crippen molar-refractivity contribution in [3.63, 3.8) is 0 Å². The van der Waals surface area contributed by atoms with Crippen LogP contribution in [0.5, 0.6) is 0 Å². The molecule has 1 aromatic rings. The van der Waals surface area contributed by atoms with Crippen LogP contribution in [0.15, 0.2) is 4.52 Å². The van der Waals surface area contributed by atoms with Crippen molar-refractivity contribution in [2.24, 2.45) is 5.92 Å². The fourth-order valence-electron chi connectivity index (χ4n) is 2.37. The molecular formula is C16H31N3OS. The van der Waals surface area contributed by atoms with Crippen LogP contribution < -0.4 is 5.32 Å². The third-order valence-corrected chi connectivity index (χ3v) is 5.14. The lowest BCUT2D eigenvalue weighted by Gasteiger charge is -2.24. The molecule has 122 valence electrons. The summed E-state index contributed by atoms with van der Waals surface area (Å²) in [6, 6.07) is 0.348. The molecule has 0 bridgehead atoms. The lowest BCUT2D eigenvalue weighted by molar-refractivity contribution is 0.279. The van der Waals surface area contributed by atoms with Crippen LogP contribution in [0.4, 0.5) is 0 Å². The van der Waals surface area contributed by atoms with Crippen LogP contribution in [0.3, 0.4) is 0 Å². The number of hydrogen-bond acceptors (Lipinski definition) is 5. The molecule has 1 rings (SSSR count). The van der Waals surface area contributed by atoms with Gasteiger partial charge in [0.25, 0.3) is 0 Å². The number of rotatable bonds is 10. The van der Waals surface area contributed by atoms with Crippen molar-refractivity contribution in [1.82, 2.24) is 15.5 Å². The van der Waals surface area contributed by atoms with E-state index >= 15 is 0 Å². The van der Waals surface area contributed by atoms with Crippen LogP contribution in [-0.4, -0.2) is 28.0 Å². The zero-order valence-corrected chi connectivity index (χ0v) is 15.2. The molecule has 3 atom stereocenters. The first kappa shape index (κ1) is 18.5. The van der Waals surface area contributed by atoms with Gasteiger partial charge in [-0.25, -0.2) is 0 Å². The Morgan fingerprint density at radius 1 is 1.19 bits per heavy atom. The van der Waals surface area contributed by atoms with E-state index in [1.54, 1.807) is 0 Å². The molecule has 5 heteroatoms. The molecule has 0 fully saturated rings. The summed E-state index contributed by atoms with van der Waals surface area (Å²) < 4.78 is 5.54. The second-order valence-electron chi connectivity index (χ2n) is 6.09. The molecule has 0 aliphatic carbocycles. The Kier molecular flexibility index (Phi) is 8.34. The molecule has 0 spiro atoms. The monoisotopic (exact) mass is 313 g/mol. The summed E-state index contributed by atoms with van der Waals surface area (Å²) in [4.78, 5) is 4.63. The van der Waals surface area contributed by atoms with Crippen LogP contribution in [0.1, 0.15) is 72.0 Å². The Hall–Kier alpha value is -0.550. The zero-order valence-electron chi connectivity index (χ0n) is 14.3. The van der Waals surface area contributed by atoms with E-state index in [1.165, 1.54) is 6.42 Å². The van der Waals surface area contributed by atoms with E-state index in [9.17, 15) is 0 Å². The van der Waals surface area contributed by atoms with E-state index in [4.69, 9.17) is 4.52 Å². The van der Waals surface area contributed by atoms with Gasteiger partial charge in [0.2, 0.25) is 5.89 Å². The molecule has 0 amide bonds. The average molecular weight is 314 g/mol. The fraction of sp³-hybridized carbons (Fsp3) is 0.875. The third kappa shape index (κ3) is 5.99. The molecular weight excluding hydrogens is 282 g/mol. The highest BCUT2D eigenvalue weighted by atomic mass is 32.2. The van der Waals surface area contributed by atoms with E-state index in [0.29, 0.717) is 17.2 Å². The number of nitrogens with zero attached hydrogens (tertiary/aromatic N) is 2. The van der Waals surface area contributed by atoms with Gasteiger partial charge in [-0.3, -0.25) is 0 Å². The number of thioether (sulfide) groups is 1. The minimum absolute atomic E-state index is 0.270. The summed E-state index contributed by atoms with van der Waals surface area (Å²) in [5, 5.41) is 8.34. The molecule has 1 aromatic heterocycles. The quantitative estimate of drug-likeness (QED) is 0.700. The Labute approximate surface area is 133 Å². The topological polar surface area (TPSA) is 51.0 Å². The fourth-order valence-corrected chi connectivity index (χ4v) is 3.16. The third-order valence-electron chi connectivity index (χ3n) is 3.81. The predicted octanol–water partition coefficient (Wildman–Crippen LogP) is 4.23. The maximum atomic E-state index is 5.54. The summed E-state index contributed by atoms with van der Waals surface area (Å²) in [6.45, 7) is 14.3. The van der Waals surface area contributed by atoms with Crippen molar-refractivity contribution in [3.05, 3.63) is 11.7 Å². The van der Waals surface area contributed by atoms with Crippen LogP contribution in [0.25, 0.3) is 0 Å². The molecule has 0 aromatic carbocycles. The van der Waals surface area contributed by atoms with Crippen molar-refractivity contribution in [3.8, 4) is 0 Å². The van der Waals surface area contributed by atoms with Crippen LogP contribution in [-0.2, 0) is 5.75 Å². The highest BCUT2D eigenvalue weighted by Gasteiger charge is 2.28. The first-order valence-corrected chi connectivity index (χ1v) is 9.21. The van der Waals surface area contributed by atoms with Crippen LogP contribution in [0.2, 0.25) is 0 Å². The molecule has 4 nitrogen and oxygen atoms in total. The van der Waals surface area contributed by atoms with Gasteiger partial charge in [-0.2, -0.15) is 16.7 Å². The average Bonchev–Trinajstić information content (AvgIpc) is 2.90. The van der Waals surface area contributed by atoms with Gasteiger partial charge in [0.15, 0.2) is 5.82 Å². The summed E-state index contributed by atoms with van der Waals surface area (Å²) in [5.41, 5.74) is 0. The van der Waals surface area contributed by atoms with Gasteiger partial charge in [-0.05, 0) is 32.2 Å². The zero-order chi connectivity index (χ0) is 15.8. The first-order chi connectivity index (χ1) is 9.99. The lowest BCUT2D eigenvalue weighted by atomic mass is 9.89. The van der Waals surface area contributed by atoms with Crippen molar-refractivity contribution in [1.29, 1.82) is 0 Å². The van der Waals surface area contributed by atoms with E-state index in [-0.39, 0.29) is 5.92 Å². The Balaban J connectivity index is 2.69. The summed E-state index contributed by atoms with van der Waals surface area (Å²) in [5.74, 6) is 3.18. The van der Waals surface area contributed by atoms with E-state index in [2.05, 4.69) is 57.0 Å².